The highest BCUT2D eigenvalue weighted by Crippen LogP contribution is 2.37. The molecule has 0 radical (unpaired) electrons. The van der Waals surface area contributed by atoms with Crippen molar-refractivity contribution in [1.82, 2.24) is 9.80 Å². The minimum absolute atomic E-state index is 0.0385. The van der Waals surface area contributed by atoms with Gasteiger partial charge in [-0.1, -0.05) is 12.8 Å². The molecule has 21 heavy (non-hydrogen) atoms. The maximum atomic E-state index is 12.9. The minimum Gasteiger partial charge on any atom is -0.480 e. The van der Waals surface area contributed by atoms with Gasteiger partial charge in [0.05, 0.1) is 5.37 Å². The topological polar surface area (TPSA) is 60.9 Å². The van der Waals surface area contributed by atoms with E-state index in [0.717, 1.165) is 19.4 Å². The first-order valence-electron chi connectivity index (χ1n) is 8.03. The molecule has 6 heteroatoms. The number of likely N-dealkylation sites (tertiary alicyclic amines) is 1. The summed E-state index contributed by atoms with van der Waals surface area (Å²) in [5.74, 6) is 0.256. The average Bonchev–Trinajstić information content (AvgIpc) is 3.17. The monoisotopic (exact) mass is 312 g/mol. The lowest BCUT2D eigenvalue weighted by Crippen LogP contribution is -2.53. The summed E-state index contributed by atoms with van der Waals surface area (Å²) in [6.07, 6.45) is 7.14. The highest BCUT2D eigenvalue weighted by molar-refractivity contribution is 8.00. The molecule has 3 atom stereocenters. The highest BCUT2D eigenvalue weighted by Gasteiger charge is 2.45. The van der Waals surface area contributed by atoms with E-state index in [4.69, 9.17) is 0 Å². The van der Waals surface area contributed by atoms with E-state index < -0.39 is 12.0 Å². The Kier molecular flexibility index (Phi) is 4.33. The third kappa shape index (κ3) is 2.74. The Hall–Kier alpha value is -0.910. The lowest BCUT2D eigenvalue weighted by molar-refractivity contribution is -0.141. The Morgan fingerprint density at radius 1 is 1.14 bits per heavy atom. The molecule has 0 aromatic rings. The molecule has 0 aromatic heterocycles. The van der Waals surface area contributed by atoms with Crippen LogP contribution in [0.15, 0.2) is 0 Å². The molecule has 2 saturated heterocycles. The van der Waals surface area contributed by atoms with Gasteiger partial charge in [0.25, 0.3) is 0 Å². The fraction of sp³-hybridized carbons (Fsp3) is 0.867. The van der Waals surface area contributed by atoms with Crippen LogP contribution in [-0.2, 0) is 4.79 Å². The average molecular weight is 312 g/mol. The number of urea groups is 1. The van der Waals surface area contributed by atoms with Gasteiger partial charge in [-0.3, -0.25) is 4.90 Å². The first-order valence-corrected chi connectivity index (χ1v) is 9.08. The molecular formula is C15H24N2O3S. The summed E-state index contributed by atoms with van der Waals surface area (Å²) in [6.45, 7) is 2.73. The highest BCUT2D eigenvalue weighted by atomic mass is 32.2. The largest absolute Gasteiger partial charge is 0.480 e. The lowest BCUT2D eigenvalue weighted by Gasteiger charge is -2.35. The van der Waals surface area contributed by atoms with Gasteiger partial charge in [0.15, 0.2) is 0 Å². The molecule has 5 nitrogen and oxygen atoms in total. The molecule has 3 fully saturated rings. The molecule has 2 heterocycles. The molecule has 1 saturated carbocycles. The van der Waals surface area contributed by atoms with E-state index in [1.165, 1.54) is 25.7 Å². The van der Waals surface area contributed by atoms with Crippen molar-refractivity contribution >= 4 is 23.8 Å². The number of hydrogen-bond donors (Lipinski definition) is 1. The lowest BCUT2D eigenvalue weighted by atomic mass is 9.96. The van der Waals surface area contributed by atoms with Crippen LogP contribution in [0, 0.1) is 5.92 Å². The summed E-state index contributed by atoms with van der Waals surface area (Å²) in [5.41, 5.74) is 0. The summed E-state index contributed by atoms with van der Waals surface area (Å²) >= 11 is 1.56. The molecule has 3 unspecified atom stereocenters. The number of carbonyl (C=O) groups excluding carboxylic acids is 1. The normalized spacial score (nSPS) is 33.9. The fourth-order valence-corrected chi connectivity index (χ4v) is 5.30. The van der Waals surface area contributed by atoms with E-state index in [-0.39, 0.29) is 11.4 Å². The maximum Gasteiger partial charge on any atom is 0.327 e. The second-order valence-corrected chi connectivity index (χ2v) is 7.77. The van der Waals surface area contributed by atoms with Crippen molar-refractivity contribution in [3.8, 4) is 0 Å². The van der Waals surface area contributed by atoms with Crippen molar-refractivity contribution in [2.45, 2.75) is 62.9 Å². The quantitative estimate of drug-likeness (QED) is 0.851. The summed E-state index contributed by atoms with van der Waals surface area (Å²) in [7, 11) is 0. The molecular weight excluding hydrogens is 288 g/mol. The van der Waals surface area contributed by atoms with Crippen LogP contribution in [0.3, 0.4) is 0 Å². The predicted molar refractivity (Wildman–Crippen MR) is 82.3 cm³/mol. The molecule has 2 amide bonds. The first kappa shape index (κ1) is 15.0. The van der Waals surface area contributed by atoms with Gasteiger partial charge in [-0.15, -0.1) is 11.8 Å². The number of rotatable bonds is 2. The molecule has 0 bridgehead atoms. The Morgan fingerprint density at radius 2 is 1.86 bits per heavy atom. The van der Waals surface area contributed by atoms with E-state index >= 15 is 0 Å². The van der Waals surface area contributed by atoms with Gasteiger partial charge < -0.3 is 10.0 Å². The van der Waals surface area contributed by atoms with E-state index in [0.29, 0.717) is 17.7 Å². The number of carboxylic acid groups (broad SMARTS) is 1. The zero-order valence-corrected chi connectivity index (χ0v) is 13.3. The third-order valence-electron chi connectivity index (χ3n) is 5.22. The first-order chi connectivity index (χ1) is 10.1. The Labute approximate surface area is 130 Å². The van der Waals surface area contributed by atoms with Crippen molar-refractivity contribution in [2.24, 2.45) is 5.92 Å². The summed E-state index contributed by atoms with van der Waals surface area (Å²) in [4.78, 5) is 27.9. The number of nitrogens with zero attached hydrogens (tertiary/aromatic N) is 2. The second-order valence-electron chi connectivity index (χ2n) is 6.42. The van der Waals surface area contributed by atoms with E-state index in [1.807, 2.05) is 11.8 Å². The van der Waals surface area contributed by atoms with Crippen molar-refractivity contribution in [1.29, 1.82) is 0 Å². The molecule has 2 aliphatic heterocycles. The Bertz CT molecular complexity index is 425. The van der Waals surface area contributed by atoms with Crippen LogP contribution in [-0.4, -0.2) is 56.7 Å². The number of carbonyl (C=O) groups is 2. The Morgan fingerprint density at radius 3 is 2.52 bits per heavy atom. The molecule has 3 aliphatic rings. The molecule has 0 spiro atoms. The van der Waals surface area contributed by atoms with Crippen LogP contribution >= 0.6 is 11.8 Å². The van der Waals surface area contributed by atoms with Gasteiger partial charge >= 0.3 is 12.0 Å². The van der Waals surface area contributed by atoms with Gasteiger partial charge in [-0.2, -0.15) is 0 Å². The molecule has 1 aliphatic carbocycles. The molecule has 3 rings (SSSR count). The van der Waals surface area contributed by atoms with E-state index in [2.05, 4.69) is 0 Å². The summed E-state index contributed by atoms with van der Waals surface area (Å²) < 4.78 is 0. The maximum absolute atomic E-state index is 12.9. The summed E-state index contributed by atoms with van der Waals surface area (Å²) in [6, 6.07) is -0.371. The van der Waals surface area contributed by atoms with Gasteiger partial charge in [-0.05, 0) is 38.5 Å². The van der Waals surface area contributed by atoms with Gasteiger partial charge in [0.1, 0.15) is 6.04 Å². The number of thioether (sulfide) groups is 1. The standard InChI is InChI=1S/C15H24N2O3S/c1-10-17(13(9-21-10)14(18)19)15(20)16-8-4-7-12(16)11-5-2-3-6-11/h10-13H,2-9H2,1H3,(H,18,19). The summed E-state index contributed by atoms with van der Waals surface area (Å²) in [5, 5.41) is 9.31. The SMILES string of the molecule is CC1SCC(C(=O)O)N1C(=O)N1CCCC1C1CCCC1. The van der Waals surface area contributed by atoms with Crippen molar-refractivity contribution < 1.29 is 14.7 Å². The van der Waals surface area contributed by atoms with Crippen molar-refractivity contribution in [3.05, 3.63) is 0 Å². The van der Waals surface area contributed by atoms with Crippen molar-refractivity contribution in [3.63, 3.8) is 0 Å². The van der Waals surface area contributed by atoms with Crippen LogP contribution in [0.25, 0.3) is 0 Å². The van der Waals surface area contributed by atoms with Crippen LogP contribution in [0.4, 0.5) is 4.79 Å². The fourth-order valence-electron chi connectivity index (χ4n) is 4.13. The van der Waals surface area contributed by atoms with Crippen molar-refractivity contribution in [2.75, 3.05) is 12.3 Å². The number of hydrogen-bond acceptors (Lipinski definition) is 3. The van der Waals surface area contributed by atoms with Gasteiger partial charge in [0.2, 0.25) is 0 Å². The van der Waals surface area contributed by atoms with E-state index in [1.54, 1.807) is 16.7 Å². The van der Waals surface area contributed by atoms with Gasteiger partial charge in [0, 0.05) is 18.3 Å². The zero-order chi connectivity index (χ0) is 15.0. The predicted octanol–water partition coefficient (Wildman–Crippen LogP) is 2.61. The van der Waals surface area contributed by atoms with Crippen LogP contribution in [0.1, 0.15) is 45.4 Å². The van der Waals surface area contributed by atoms with Gasteiger partial charge in [-0.25, -0.2) is 9.59 Å². The van der Waals surface area contributed by atoms with Crippen LogP contribution in [0.5, 0.6) is 0 Å². The smallest absolute Gasteiger partial charge is 0.327 e. The second kappa shape index (κ2) is 6.07. The minimum atomic E-state index is -0.878. The Balaban J connectivity index is 1.75. The van der Waals surface area contributed by atoms with Crippen LogP contribution in [0.2, 0.25) is 0 Å². The molecule has 0 aromatic carbocycles. The third-order valence-corrected chi connectivity index (χ3v) is 6.44. The number of amides is 2. The van der Waals surface area contributed by atoms with Crippen LogP contribution < -0.4 is 0 Å². The zero-order valence-electron chi connectivity index (χ0n) is 12.5. The number of aliphatic carboxylic acids is 1. The molecule has 118 valence electrons. The molecule has 1 N–H and O–H groups in total. The van der Waals surface area contributed by atoms with E-state index in [9.17, 15) is 14.7 Å². The number of carboxylic acids is 1.